The van der Waals surface area contributed by atoms with Gasteiger partial charge < -0.3 is 4.90 Å². The number of hydrogen-bond acceptors (Lipinski definition) is 3. The van der Waals surface area contributed by atoms with Crippen molar-refractivity contribution in [2.45, 2.75) is 32.2 Å². The Bertz CT molecular complexity index is 540. The predicted octanol–water partition coefficient (Wildman–Crippen LogP) is 3.01. The van der Waals surface area contributed by atoms with Crippen molar-refractivity contribution in [3.8, 4) is 0 Å². The summed E-state index contributed by atoms with van der Waals surface area (Å²) >= 11 is 0. The lowest BCUT2D eigenvalue weighted by atomic mass is 10.0. The van der Waals surface area contributed by atoms with E-state index in [1.54, 1.807) is 18.2 Å². The molecule has 1 amide bonds. The molecule has 1 heterocycles. The van der Waals surface area contributed by atoms with Crippen molar-refractivity contribution in [3.63, 3.8) is 0 Å². The first-order valence-corrected chi connectivity index (χ1v) is 6.81. The largest absolute Gasteiger partial charge is 0.336 e. The lowest BCUT2D eigenvalue weighted by molar-refractivity contribution is -0.384. The molecule has 0 N–H and O–H groups in total. The van der Waals surface area contributed by atoms with Crippen LogP contribution in [0.4, 0.5) is 5.69 Å². The highest BCUT2D eigenvalue weighted by molar-refractivity contribution is 5.92. The molecular weight excluding hydrogens is 256 g/mol. The Balaban J connectivity index is 2.06. The van der Waals surface area contributed by atoms with Gasteiger partial charge in [-0.15, -0.1) is 0 Å². The van der Waals surface area contributed by atoms with Crippen molar-refractivity contribution in [3.05, 3.63) is 46.0 Å². The summed E-state index contributed by atoms with van der Waals surface area (Å²) in [5, 5.41) is 10.7. The zero-order chi connectivity index (χ0) is 14.5. The SMILES string of the molecule is CC1CCCCN1C(=O)/C=C/c1cccc([N+](=O)[O-])c1. The van der Waals surface area contributed by atoms with Crippen LogP contribution in [0.3, 0.4) is 0 Å². The Morgan fingerprint density at radius 1 is 1.45 bits per heavy atom. The number of nitro benzene ring substituents is 1. The number of amides is 1. The smallest absolute Gasteiger partial charge is 0.270 e. The molecule has 0 aliphatic carbocycles. The van der Waals surface area contributed by atoms with E-state index in [1.807, 2.05) is 4.90 Å². The number of rotatable bonds is 3. The van der Waals surface area contributed by atoms with Crippen LogP contribution in [0.2, 0.25) is 0 Å². The van der Waals surface area contributed by atoms with Gasteiger partial charge in [-0.2, -0.15) is 0 Å². The second-order valence-corrected chi connectivity index (χ2v) is 5.06. The van der Waals surface area contributed by atoms with E-state index in [9.17, 15) is 14.9 Å². The van der Waals surface area contributed by atoms with Gasteiger partial charge in [0.25, 0.3) is 5.69 Å². The minimum Gasteiger partial charge on any atom is -0.336 e. The van der Waals surface area contributed by atoms with E-state index >= 15 is 0 Å². The maximum absolute atomic E-state index is 12.1. The molecular formula is C15H18N2O3. The van der Waals surface area contributed by atoms with Crippen LogP contribution in [0.1, 0.15) is 31.7 Å². The van der Waals surface area contributed by atoms with E-state index < -0.39 is 4.92 Å². The number of likely N-dealkylation sites (tertiary alicyclic amines) is 1. The third-order valence-electron chi connectivity index (χ3n) is 3.59. The molecule has 1 aromatic rings. The van der Waals surface area contributed by atoms with Gasteiger partial charge in [0.05, 0.1) is 4.92 Å². The van der Waals surface area contributed by atoms with Crippen molar-refractivity contribution in [1.29, 1.82) is 0 Å². The minimum atomic E-state index is -0.439. The van der Waals surface area contributed by atoms with Gasteiger partial charge in [-0.3, -0.25) is 14.9 Å². The number of nitro groups is 1. The van der Waals surface area contributed by atoms with Crippen LogP contribution in [0.25, 0.3) is 6.08 Å². The second kappa shape index (κ2) is 6.32. The Labute approximate surface area is 118 Å². The molecule has 1 aliphatic rings. The van der Waals surface area contributed by atoms with Crippen molar-refractivity contribution in [2.75, 3.05) is 6.54 Å². The molecule has 5 heteroatoms. The first-order valence-electron chi connectivity index (χ1n) is 6.81. The van der Waals surface area contributed by atoms with Gasteiger partial charge >= 0.3 is 0 Å². The van der Waals surface area contributed by atoms with Crippen LogP contribution < -0.4 is 0 Å². The van der Waals surface area contributed by atoms with Crippen LogP contribution in [0, 0.1) is 10.1 Å². The summed E-state index contributed by atoms with van der Waals surface area (Å²) in [6, 6.07) is 6.53. The van der Waals surface area contributed by atoms with E-state index in [2.05, 4.69) is 6.92 Å². The van der Waals surface area contributed by atoms with Gasteiger partial charge in [0.1, 0.15) is 0 Å². The lowest BCUT2D eigenvalue weighted by Crippen LogP contribution is -2.41. The number of carbonyl (C=O) groups is 1. The summed E-state index contributed by atoms with van der Waals surface area (Å²) in [7, 11) is 0. The predicted molar refractivity (Wildman–Crippen MR) is 77.2 cm³/mol. The maximum Gasteiger partial charge on any atom is 0.270 e. The van der Waals surface area contributed by atoms with E-state index in [1.165, 1.54) is 24.6 Å². The van der Waals surface area contributed by atoms with E-state index in [-0.39, 0.29) is 17.6 Å². The number of piperidine rings is 1. The average Bonchev–Trinajstić information content (AvgIpc) is 2.45. The molecule has 1 aromatic carbocycles. The Kier molecular flexibility index (Phi) is 4.50. The highest BCUT2D eigenvalue weighted by Crippen LogP contribution is 2.18. The molecule has 5 nitrogen and oxygen atoms in total. The van der Waals surface area contributed by atoms with Crippen LogP contribution in [0.15, 0.2) is 30.3 Å². The fourth-order valence-electron chi connectivity index (χ4n) is 2.43. The molecule has 106 valence electrons. The van der Waals surface area contributed by atoms with Crippen LogP contribution >= 0.6 is 0 Å². The molecule has 0 saturated carbocycles. The molecule has 1 saturated heterocycles. The van der Waals surface area contributed by atoms with E-state index in [0.717, 1.165) is 19.4 Å². The molecule has 0 bridgehead atoms. The summed E-state index contributed by atoms with van der Waals surface area (Å²) in [6.07, 6.45) is 6.38. The number of carbonyl (C=O) groups excluding carboxylic acids is 1. The number of hydrogen-bond donors (Lipinski definition) is 0. The van der Waals surface area contributed by atoms with Gasteiger partial charge in [-0.25, -0.2) is 0 Å². The molecule has 20 heavy (non-hydrogen) atoms. The van der Waals surface area contributed by atoms with Crippen LogP contribution in [0.5, 0.6) is 0 Å². The number of nitrogens with zero attached hydrogens (tertiary/aromatic N) is 2. The molecule has 0 aromatic heterocycles. The number of benzene rings is 1. The quantitative estimate of drug-likeness (QED) is 0.483. The average molecular weight is 274 g/mol. The topological polar surface area (TPSA) is 63.5 Å². The number of non-ortho nitro benzene ring substituents is 1. The normalized spacial score (nSPS) is 19.2. The van der Waals surface area contributed by atoms with Crippen molar-refractivity contribution in [1.82, 2.24) is 4.90 Å². The standard InChI is InChI=1S/C15H18N2O3/c1-12-5-2-3-10-16(12)15(18)9-8-13-6-4-7-14(11-13)17(19)20/h4,6-9,11-12H,2-3,5,10H2,1H3/b9-8+. The minimum absolute atomic E-state index is 0.0243. The van der Waals surface area contributed by atoms with E-state index in [4.69, 9.17) is 0 Å². The highest BCUT2D eigenvalue weighted by atomic mass is 16.6. The molecule has 1 atom stereocenters. The first-order chi connectivity index (χ1) is 9.58. The third-order valence-corrected chi connectivity index (χ3v) is 3.59. The first kappa shape index (κ1) is 14.2. The zero-order valence-corrected chi connectivity index (χ0v) is 11.5. The second-order valence-electron chi connectivity index (χ2n) is 5.06. The highest BCUT2D eigenvalue weighted by Gasteiger charge is 2.21. The van der Waals surface area contributed by atoms with Crippen LogP contribution in [-0.4, -0.2) is 28.3 Å². The fraction of sp³-hybridized carbons (Fsp3) is 0.400. The van der Waals surface area contributed by atoms with Gasteiger partial charge in [-0.1, -0.05) is 12.1 Å². The summed E-state index contributed by atoms with van der Waals surface area (Å²) < 4.78 is 0. The zero-order valence-electron chi connectivity index (χ0n) is 11.5. The lowest BCUT2D eigenvalue weighted by Gasteiger charge is -2.32. The monoisotopic (exact) mass is 274 g/mol. The third kappa shape index (κ3) is 3.44. The van der Waals surface area contributed by atoms with Crippen molar-refractivity contribution < 1.29 is 9.72 Å². The maximum atomic E-state index is 12.1. The summed E-state index contributed by atoms with van der Waals surface area (Å²) in [6.45, 7) is 2.84. The van der Waals surface area contributed by atoms with Crippen LogP contribution in [-0.2, 0) is 4.79 Å². The molecule has 1 aliphatic heterocycles. The van der Waals surface area contributed by atoms with Gasteiger partial charge in [0, 0.05) is 30.8 Å². The Morgan fingerprint density at radius 2 is 2.25 bits per heavy atom. The molecule has 1 fully saturated rings. The molecule has 0 radical (unpaired) electrons. The molecule has 2 rings (SSSR count). The Morgan fingerprint density at radius 3 is 2.95 bits per heavy atom. The summed E-state index contributed by atoms with van der Waals surface area (Å²) in [5.41, 5.74) is 0.697. The van der Waals surface area contributed by atoms with Gasteiger partial charge in [-0.05, 0) is 37.8 Å². The van der Waals surface area contributed by atoms with Crippen molar-refractivity contribution >= 4 is 17.7 Å². The van der Waals surface area contributed by atoms with Crippen molar-refractivity contribution in [2.24, 2.45) is 0 Å². The summed E-state index contributed by atoms with van der Waals surface area (Å²) in [4.78, 5) is 24.2. The molecule has 0 spiro atoms. The fourth-order valence-corrected chi connectivity index (χ4v) is 2.43. The Hall–Kier alpha value is -2.17. The van der Waals surface area contributed by atoms with Gasteiger partial charge in [0.2, 0.25) is 5.91 Å². The summed E-state index contributed by atoms with van der Waals surface area (Å²) in [5.74, 6) is -0.0243. The molecule has 1 unspecified atom stereocenters. The van der Waals surface area contributed by atoms with E-state index in [0.29, 0.717) is 5.56 Å². The van der Waals surface area contributed by atoms with Gasteiger partial charge in [0.15, 0.2) is 0 Å².